The van der Waals surface area contributed by atoms with Crippen LogP contribution in [0.1, 0.15) is 52.1 Å². The third-order valence-electron chi connectivity index (χ3n) is 6.91. The monoisotopic (exact) mass is 486 g/mol. The fraction of sp³-hybridized carbons (Fsp3) is 0.345. The molecule has 0 aliphatic carbocycles. The Balaban J connectivity index is 1.45. The molecule has 1 heterocycles. The van der Waals surface area contributed by atoms with E-state index in [4.69, 9.17) is 5.73 Å². The van der Waals surface area contributed by atoms with E-state index >= 15 is 0 Å². The molecule has 188 valence electrons. The van der Waals surface area contributed by atoms with Crippen LogP contribution in [0.25, 0.3) is 10.8 Å². The molecule has 4 rings (SSSR count). The second-order valence-corrected chi connectivity index (χ2v) is 9.20. The average molecular weight is 487 g/mol. The number of anilines is 1. The predicted molar refractivity (Wildman–Crippen MR) is 143 cm³/mol. The summed E-state index contributed by atoms with van der Waals surface area (Å²) in [4.78, 5) is 42.4. The summed E-state index contributed by atoms with van der Waals surface area (Å²) in [6.45, 7) is 6.89. The molecule has 7 nitrogen and oxygen atoms in total. The summed E-state index contributed by atoms with van der Waals surface area (Å²) in [5.74, 6) is -0.708. The van der Waals surface area contributed by atoms with Crippen LogP contribution in [0.4, 0.5) is 5.69 Å². The molecule has 0 radical (unpaired) electrons. The SMILES string of the molecule is CCc1cccc(CC)c1NC(=O)CN1CCCN(C(=O)c2cccc3cccc(C(N)=O)c23)CC1. The molecule has 0 atom stereocenters. The van der Waals surface area contributed by atoms with Crippen LogP contribution in [0.2, 0.25) is 0 Å². The van der Waals surface area contributed by atoms with Crippen molar-refractivity contribution in [1.82, 2.24) is 9.80 Å². The molecular formula is C29H34N4O3. The van der Waals surface area contributed by atoms with Crippen molar-refractivity contribution in [2.45, 2.75) is 33.1 Å². The van der Waals surface area contributed by atoms with Crippen LogP contribution in [-0.4, -0.2) is 60.2 Å². The number of para-hydroxylation sites is 1. The smallest absolute Gasteiger partial charge is 0.254 e. The van der Waals surface area contributed by atoms with Crippen molar-refractivity contribution in [2.75, 3.05) is 38.0 Å². The minimum absolute atomic E-state index is 0.0365. The molecule has 1 aliphatic heterocycles. The summed E-state index contributed by atoms with van der Waals surface area (Å²) in [5, 5.41) is 4.55. The van der Waals surface area contributed by atoms with Gasteiger partial charge in [0.2, 0.25) is 11.8 Å². The summed E-state index contributed by atoms with van der Waals surface area (Å²) in [7, 11) is 0. The Morgan fingerprint density at radius 3 is 2.11 bits per heavy atom. The van der Waals surface area contributed by atoms with Crippen LogP contribution < -0.4 is 11.1 Å². The fourth-order valence-electron chi connectivity index (χ4n) is 5.01. The second-order valence-electron chi connectivity index (χ2n) is 9.20. The van der Waals surface area contributed by atoms with Gasteiger partial charge >= 0.3 is 0 Å². The zero-order chi connectivity index (χ0) is 25.7. The van der Waals surface area contributed by atoms with Crippen molar-refractivity contribution < 1.29 is 14.4 Å². The normalized spacial score (nSPS) is 14.4. The van der Waals surface area contributed by atoms with E-state index in [0.717, 1.165) is 48.0 Å². The Labute approximate surface area is 212 Å². The Kier molecular flexibility index (Phi) is 8.00. The van der Waals surface area contributed by atoms with E-state index < -0.39 is 5.91 Å². The van der Waals surface area contributed by atoms with Crippen molar-refractivity contribution in [2.24, 2.45) is 5.73 Å². The van der Waals surface area contributed by atoms with Crippen LogP contribution in [-0.2, 0) is 17.6 Å². The van der Waals surface area contributed by atoms with Gasteiger partial charge in [0.25, 0.3) is 5.91 Å². The highest BCUT2D eigenvalue weighted by molar-refractivity contribution is 6.15. The Morgan fingerprint density at radius 2 is 1.47 bits per heavy atom. The average Bonchev–Trinajstić information content (AvgIpc) is 3.13. The number of hydrogen-bond acceptors (Lipinski definition) is 4. The first-order valence-electron chi connectivity index (χ1n) is 12.7. The molecule has 3 N–H and O–H groups in total. The van der Waals surface area contributed by atoms with Gasteiger partial charge in [0, 0.05) is 48.4 Å². The first-order chi connectivity index (χ1) is 17.4. The Bertz CT molecular complexity index is 1260. The summed E-state index contributed by atoms with van der Waals surface area (Å²) in [6.07, 6.45) is 2.48. The molecule has 0 saturated carbocycles. The van der Waals surface area contributed by atoms with Gasteiger partial charge in [0.15, 0.2) is 0 Å². The summed E-state index contributed by atoms with van der Waals surface area (Å²) >= 11 is 0. The highest BCUT2D eigenvalue weighted by atomic mass is 16.2. The number of aryl methyl sites for hydroxylation is 2. The van der Waals surface area contributed by atoms with E-state index in [1.807, 2.05) is 29.2 Å². The van der Waals surface area contributed by atoms with Crippen molar-refractivity contribution in [3.63, 3.8) is 0 Å². The lowest BCUT2D eigenvalue weighted by molar-refractivity contribution is -0.117. The van der Waals surface area contributed by atoms with Gasteiger partial charge in [-0.2, -0.15) is 0 Å². The highest BCUT2D eigenvalue weighted by Gasteiger charge is 2.24. The van der Waals surface area contributed by atoms with Crippen molar-refractivity contribution in [3.05, 3.63) is 76.9 Å². The number of benzene rings is 3. The molecule has 7 heteroatoms. The molecule has 3 aromatic rings. The molecule has 1 saturated heterocycles. The van der Waals surface area contributed by atoms with Gasteiger partial charge in [0.1, 0.15) is 0 Å². The number of fused-ring (bicyclic) bond motifs is 1. The number of primary amides is 1. The quantitative estimate of drug-likeness (QED) is 0.530. The van der Waals surface area contributed by atoms with E-state index in [1.54, 1.807) is 18.2 Å². The van der Waals surface area contributed by atoms with Crippen LogP contribution in [0.3, 0.4) is 0 Å². The number of hydrogen-bond donors (Lipinski definition) is 2. The zero-order valence-corrected chi connectivity index (χ0v) is 21.0. The van der Waals surface area contributed by atoms with E-state index in [-0.39, 0.29) is 18.4 Å². The summed E-state index contributed by atoms with van der Waals surface area (Å²) in [6, 6.07) is 16.9. The number of nitrogens with zero attached hydrogens (tertiary/aromatic N) is 2. The van der Waals surface area contributed by atoms with Crippen LogP contribution in [0, 0.1) is 0 Å². The maximum atomic E-state index is 13.5. The Hall–Kier alpha value is -3.71. The molecule has 0 bridgehead atoms. The van der Waals surface area contributed by atoms with Gasteiger partial charge in [0.05, 0.1) is 6.54 Å². The number of rotatable bonds is 7. The lowest BCUT2D eigenvalue weighted by Gasteiger charge is -2.23. The van der Waals surface area contributed by atoms with E-state index in [0.29, 0.717) is 36.1 Å². The van der Waals surface area contributed by atoms with E-state index in [9.17, 15) is 14.4 Å². The molecule has 3 amide bonds. The topological polar surface area (TPSA) is 95.7 Å². The molecule has 1 fully saturated rings. The largest absolute Gasteiger partial charge is 0.366 e. The minimum Gasteiger partial charge on any atom is -0.366 e. The lowest BCUT2D eigenvalue weighted by Crippen LogP contribution is -2.38. The number of amides is 3. The lowest BCUT2D eigenvalue weighted by atomic mass is 9.98. The predicted octanol–water partition coefficient (Wildman–Crippen LogP) is 3.85. The van der Waals surface area contributed by atoms with Gasteiger partial charge in [-0.25, -0.2) is 0 Å². The summed E-state index contributed by atoms with van der Waals surface area (Å²) in [5.41, 5.74) is 9.64. The minimum atomic E-state index is -0.551. The summed E-state index contributed by atoms with van der Waals surface area (Å²) < 4.78 is 0. The van der Waals surface area contributed by atoms with E-state index in [1.165, 1.54) is 0 Å². The highest BCUT2D eigenvalue weighted by Crippen LogP contribution is 2.25. The molecule has 1 aliphatic rings. The number of carbonyl (C=O) groups is 3. The maximum absolute atomic E-state index is 13.5. The van der Waals surface area contributed by atoms with Gasteiger partial charge < -0.3 is 16.0 Å². The van der Waals surface area contributed by atoms with Gasteiger partial charge in [-0.3, -0.25) is 19.3 Å². The molecule has 0 spiro atoms. The van der Waals surface area contributed by atoms with Crippen LogP contribution >= 0.6 is 0 Å². The van der Waals surface area contributed by atoms with Crippen molar-refractivity contribution in [3.8, 4) is 0 Å². The zero-order valence-electron chi connectivity index (χ0n) is 21.0. The van der Waals surface area contributed by atoms with Crippen molar-refractivity contribution >= 4 is 34.2 Å². The molecule has 36 heavy (non-hydrogen) atoms. The maximum Gasteiger partial charge on any atom is 0.254 e. The first-order valence-corrected chi connectivity index (χ1v) is 12.7. The van der Waals surface area contributed by atoms with Gasteiger partial charge in [-0.1, -0.05) is 56.3 Å². The van der Waals surface area contributed by atoms with Gasteiger partial charge in [-0.05, 0) is 47.9 Å². The van der Waals surface area contributed by atoms with Crippen LogP contribution in [0.15, 0.2) is 54.6 Å². The number of nitrogens with one attached hydrogen (secondary N) is 1. The molecule has 0 unspecified atom stereocenters. The standard InChI is InChI=1S/C29H34N4O3/c1-3-20-9-5-10-21(4-2)27(20)31-25(34)19-32-15-8-16-33(18-17-32)29(36)24-14-7-12-22-11-6-13-23(26(22)24)28(30)35/h5-7,9-14H,3-4,8,15-19H2,1-2H3,(H2,30,35)(H,31,34). The molecule has 3 aromatic carbocycles. The van der Waals surface area contributed by atoms with Crippen molar-refractivity contribution in [1.29, 1.82) is 0 Å². The molecular weight excluding hydrogens is 452 g/mol. The third-order valence-corrected chi connectivity index (χ3v) is 6.91. The Morgan fingerprint density at radius 1 is 0.833 bits per heavy atom. The fourth-order valence-corrected chi connectivity index (χ4v) is 5.01. The molecule has 0 aromatic heterocycles. The van der Waals surface area contributed by atoms with Crippen LogP contribution in [0.5, 0.6) is 0 Å². The third kappa shape index (κ3) is 5.41. The number of carbonyl (C=O) groups excluding carboxylic acids is 3. The van der Waals surface area contributed by atoms with E-state index in [2.05, 4.69) is 36.2 Å². The number of nitrogens with two attached hydrogens (primary N) is 1. The second kappa shape index (κ2) is 11.4. The van der Waals surface area contributed by atoms with Gasteiger partial charge in [-0.15, -0.1) is 0 Å². The first kappa shape index (κ1) is 25.4.